The Morgan fingerprint density at radius 3 is 2.30 bits per heavy atom. The molecule has 0 radical (unpaired) electrons. The number of rotatable bonds is 3. The van der Waals surface area contributed by atoms with Crippen LogP contribution in [-0.4, -0.2) is 15.9 Å². The molecule has 0 aliphatic heterocycles. The minimum atomic E-state index is -0.426. The van der Waals surface area contributed by atoms with E-state index in [4.69, 9.17) is 5.73 Å². The zero-order chi connectivity index (χ0) is 13.9. The number of carbonyl (C=O) groups is 1. The van der Waals surface area contributed by atoms with Crippen LogP contribution in [0.25, 0.3) is 22.5 Å². The Labute approximate surface area is 116 Å². The van der Waals surface area contributed by atoms with E-state index in [-0.39, 0.29) is 0 Å². The van der Waals surface area contributed by atoms with Crippen molar-refractivity contribution >= 4 is 5.91 Å². The number of amides is 1. The molecule has 1 heterocycles. The molecule has 3 N–H and O–H groups in total. The molecule has 2 aromatic carbocycles. The number of hydrogen-bond donors (Lipinski definition) is 2. The molecule has 0 saturated carbocycles. The Kier molecular flexibility index (Phi) is 3.05. The van der Waals surface area contributed by atoms with Gasteiger partial charge in [-0.3, -0.25) is 4.79 Å². The Bertz CT molecular complexity index is 730. The zero-order valence-corrected chi connectivity index (χ0v) is 10.7. The van der Waals surface area contributed by atoms with E-state index < -0.39 is 5.91 Å². The third-order valence-corrected chi connectivity index (χ3v) is 3.14. The lowest BCUT2D eigenvalue weighted by Gasteiger charge is -2.04. The summed E-state index contributed by atoms with van der Waals surface area (Å²) in [5.74, 6) is -0.426. The number of nitrogens with two attached hydrogens (primary N) is 1. The number of H-pyrrole nitrogens is 1. The molecule has 3 rings (SSSR count). The lowest BCUT2D eigenvalue weighted by Crippen LogP contribution is -2.10. The van der Waals surface area contributed by atoms with Gasteiger partial charge in [-0.05, 0) is 12.1 Å². The standard InChI is InChI=1S/C16H13N3O/c17-16(20)13-8-6-12(7-9-13)15-14(18-10-19-15)11-4-2-1-3-5-11/h1-10H,(H2,17,20)(H,18,19). The quantitative estimate of drug-likeness (QED) is 0.762. The first kappa shape index (κ1) is 12.2. The average Bonchev–Trinajstić information content (AvgIpc) is 2.97. The van der Waals surface area contributed by atoms with Crippen LogP contribution in [0.15, 0.2) is 60.9 Å². The third-order valence-electron chi connectivity index (χ3n) is 3.14. The summed E-state index contributed by atoms with van der Waals surface area (Å²) in [6.45, 7) is 0. The first-order chi connectivity index (χ1) is 9.75. The number of nitrogens with zero attached hydrogens (tertiary/aromatic N) is 1. The molecular weight excluding hydrogens is 250 g/mol. The van der Waals surface area contributed by atoms with E-state index in [1.165, 1.54) is 0 Å². The molecule has 0 fully saturated rings. The summed E-state index contributed by atoms with van der Waals surface area (Å²) in [4.78, 5) is 18.6. The van der Waals surface area contributed by atoms with Gasteiger partial charge in [0.15, 0.2) is 0 Å². The lowest BCUT2D eigenvalue weighted by molar-refractivity contribution is 0.100. The second kappa shape index (κ2) is 5.01. The van der Waals surface area contributed by atoms with Crippen LogP contribution in [0.4, 0.5) is 0 Å². The van der Waals surface area contributed by atoms with Crippen LogP contribution in [0.1, 0.15) is 10.4 Å². The fraction of sp³-hybridized carbons (Fsp3) is 0. The Hall–Kier alpha value is -2.88. The van der Waals surface area contributed by atoms with Gasteiger partial charge in [-0.15, -0.1) is 0 Å². The molecule has 20 heavy (non-hydrogen) atoms. The molecule has 1 amide bonds. The van der Waals surface area contributed by atoms with Crippen LogP contribution in [-0.2, 0) is 0 Å². The van der Waals surface area contributed by atoms with Crippen LogP contribution in [0.2, 0.25) is 0 Å². The van der Waals surface area contributed by atoms with E-state index in [0.717, 1.165) is 22.5 Å². The average molecular weight is 263 g/mol. The van der Waals surface area contributed by atoms with Crippen LogP contribution < -0.4 is 5.73 Å². The Balaban J connectivity index is 2.04. The summed E-state index contributed by atoms with van der Waals surface area (Å²) in [5, 5.41) is 0. The number of carbonyl (C=O) groups excluding carboxylic acids is 1. The highest BCUT2D eigenvalue weighted by Gasteiger charge is 2.10. The molecule has 4 heteroatoms. The molecular formula is C16H13N3O. The molecule has 0 spiro atoms. The van der Waals surface area contributed by atoms with E-state index >= 15 is 0 Å². The van der Waals surface area contributed by atoms with Crippen molar-refractivity contribution in [3.8, 4) is 22.5 Å². The van der Waals surface area contributed by atoms with Crippen molar-refractivity contribution in [3.05, 3.63) is 66.5 Å². The Morgan fingerprint density at radius 1 is 0.950 bits per heavy atom. The van der Waals surface area contributed by atoms with Crippen LogP contribution >= 0.6 is 0 Å². The van der Waals surface area contributed by atoms with Crippen molar-refractivity contribution in [2.75, 3.05) is 0 Å². The number of imidazole rings is 1. The predicted molar refractivity (Wildman–Crippen MR) is 78.0 cm³/mol. The molecule has 1 aromatic heterocycles. The SMILES string of the molecule is NC(=O)c1ccc(-c2[nH]cnc2-c2ccccc2)cc1. The van der Waals surface area contributed by atoms with Crippen LogP contribution in [0.5, 0.6) is 0 Å². The molecule has 0 unspecified atom stereocenters. The van der Waals surface area contributed by atoms with Crippen molar-refractivity contribution in [1.82, 2.24) is 9.97 Å². The summed E-state index contributed by atoms with van der Waals surface area (Å²) >= 11 is 0. The van der Waals surface area contributed by atoms with Crippen LogP contribution in [0, 0.1) is 0 Å². The lowest BCUT2D eigenvalue weighted by atomic mass is 10.0. The summed E-state index contributed by atoms with van der Waals surface area (Å²) in [7, 11) is 0. The van der Waals surface area contributed by atoms with Gasteiger partial charge in [-0.2, -0.15) is 0 Å². The first-order valence-corrected chi connectivity index (χ1v) is 6.25. The fourth-order valence-electron chi connectivity index (χ4n) is 2.13. The molecule has 0 atom stereocenters. The number of benzene rings is 2. The van der Waals surface area contributed by atoms with Crippen LogP contribution in [0.3, 0.4) is 0 Å². The van der Waals surface area contributed by atoms with Gasteiger partial charge in [0.05, 0.1) is 17.7 Å². The smallest absolute Gasteiger partial charge is 0.248 e. The molecule has 0 aliphatic rings. The first-order valence-electron chi connectivity index (χ1n) is 6.25. The molecule has 4 nitrogen and oxygen atoms in total. The van der Waals surface area contributed by atoms with Gasteiger partial charge < -0.3 is 10.7 Å². The van der Waals surface area contributed by atoms with E-state index in [9.17, 15) is 4.79 Å². The highest BCUT2D eigenvalue weighted by atomic mass is 16.1. The number of nitrogens with one attached hydrogen (secondary N) is 1. The molecule has 3 aromatic rings. The number of primary amides is 1. The normalized spacial score (nSPS) is 10.4. The molecule has 98 valence electrons. The van der Waals surface area contributed by atoms with Crippen molar-refractivity contribution in [3.63, 3.8) is 0 Å². The Morgan fingerprint density at radius 2 is 1.65 bits per heavy atom. The second-order valence-electron chi connectivity index (χ2n) is 4.43. The fourth-order valence-corrected chi connectivity index (χ4v) is 2.13. The zero-order valence-electron chi connectivity index (χ0n) is 10.7. The highest BCUT2D eigenvalue weighted by molar-refractivity contribution is 5.93. The van der Waals surface area contributed by atoms with E-state index in [0.29, 0.717) is 5.56 Å². The predicted octanol–water partition coefficient (Wildman–Crippen LogP) is 2.84. The van der Waals surface area contributed by atoms with Gasteiger partial charge in [0.2, 0.25) is 5.91 Å². The van der Waals surface area contributed by atoms with Gasteiger partial charge in [0.1, 0.15) is 0 Å². The summed E-state index contributed by atoms with van der Waals surface area (Å²) in [6.07, 6.45) is 1.67. The monoisotopic (exact) mass is 263 g/mol. The van der Waals surface area contributed by atoms with E-state index in [2.05, 4.69) is 9.97 Å². The number of aromatic amines is 1. The van der Waals surface area contributed by atoms with Gasteiger partial charge in [-0.1, -0.05) is 42.5 Å². The highest BCUT2D eigenvalue weighted by Crippen LogP contribution is 2.28. The summed E-state index contributed by atoms with van der Waals surface area (Å²) < 4.78 is 0. The maximum absolute atomic E-state index is 11.1. The second-order valence-corrected chi connectivity index (χ2v) is 4.43. The number of hydrogen-bond acceptors (Lipinski definition) is 2. The third kappa shape index (κ3) is 2.19. The van der Waals surface area contributed by atoms with Gasteiger partial charge in [0, 0.05) is 16.7 Å². The topological polar surface area (TPSA) is 71.8 Å². The van der Waals surface area contributed by atoms with Crippen molar-refractivity contribution in [2.45, 2.75) is 0 Å². The maximum Gasteiger partial charge on any atom is 0.248 e. The van der Waals surface area contributed by atoms with Crippen molar-refractivity contribution in [1.29, 1.82) is 0 Å². The molecule has 0 saturated heterocycles. The van der Waals surface area contributed by atoms with Gasteiger partial charge >= 0.3 is 0 Å². The molecule has 0 aliphatic carbocycles. The number of aromatic nitrogens is 2. The summed E-state index contributed by atoms with van der Waals surface area (Å²) in [6, 6.07) is 17.1. The van der Waals surface area contributed by atoms with E-state index in [1.807, 2.05) is 42.5 Å². The minimum absolute atomic E-state index is 0.426. The van der Waals surface area contributed by atoms with Crippen molar-refractivity contribution < 1.29 is 4.79 Å². The van der Waals surface area contributed by atoms with Gasteiger partial charge in [0.25, 0.3) is 0 Å². The van der Waals surface area contributed by atoms with E-state index in [1.54, 1.807) is 18.5 Å². The van der Waals surface area contributed by atoms with Gasteiger partial charge in [-0.25, -0.2) is 4.98 Å². The minimum Gasteiger partial charge on any atom is -0.366 e. The van der Waals surface area contributed by atoms with Crippen molar-refractivity contribution in [2.24, 2.45) is 5.73 Å². The molecule has 0 bridgehead atoms. The summed E-state index contributed by atoms with van der Waals surface area (Å²) in [5.41, 5.74) is 9.56. The largest absolute Gasteiger partial charge is 0.366 e. The maximum atomic E-state index is 11.1.